The molecule has 0 atom stereocenters. The van der Waals surface area contributed by atoms with Crippen molar-refractivity contribution < 1.29 is 10.0 Å². The van der Waals surface area contributed by atoms with Gasteiger partial charge in [0, 0.05) is 6.07 Å². The molecule has 0 aliphatic rings. The first kappa shape index (κ1) is 14.1. The summed E-state index contributed by atoms with van der Waals surface area (Å²) < 4.78 is 0. The molecule has 2 aromatic carbocycles. The smallest absolute Gasteiger partial charge is 0.277 e. The van der Waals surface area contributed by atoms with Crippen LogP contribution < -0.4 is 0 Å². The number of rotatable bonds is 2. The topological polar surface area (TPSA) is 63.4 Å². The Bertz CT molecular complexity index is 705. The van der Waals surface area contributed by atoms with Gasteiger partial charge in [-0.1, -0.05) is 6.07 Å². The van der Waals surface area contributed by atoms with Crippen molar-refractivity contribution in [3.8, 4) is 16.9 Å². The summed E-state index contributed by atoms with van der Waals surface area (Å²) >= 11 is 0. The van der Waals surface area contributed by atoms with Crippen LogP contribution in [0.5, 0.6) is 5.75 Å². The zero-order valence-corrected chi connectivity index (χ0v) is 12.0. The summed E-state index contributed by atoms with van der Waals surface area (Å²) in [7, 11) is 0. The lowest BCUT2D eigenvalue weighted by atomic mass is 9.92. The van der Waals surface area contributed by atoms with Crippen molar-refractivity contribution >= 4 is 5.69 Å². The average Bonchev–Trinajstić information content (AvgIpc) is 2.40. The molecule has 0 unspecified atom stereocenters. The lowest BCUT2D eigenvalue weighted by molar-refractivity contribution is -0.384. The van der Waals surface area contributed by atoms with Gasteiger partial charge >= 0.3 is 0 Å². The SMILES string of the molecule is Cc1ccc(-c2cc(C)c(O)c(C)c2C)c([N+](=O)[O-])c1. The molecule has 0 amide bonds. The molecule has 0 aliphatic carbocycles. The first-order chi connectivity index (χ1) is 9.32. The van der Waals surface area contributed by atoms with E-state index in [2.05, 4.69) is 0 Å². The predicted octanol–water partition coefficient (Wildman–Crippen LogP) is 4.20. The van der Waals surface area contributed by atoms with E-state index >= 15 is 0 Å². The molecule has 0 saturated heterocycles. The molecule has 4 nitrogen and oxygen atoms in total. The molecule has 0 bridgehead atoms. The number of phenols is 1. The van der Waals surface area contributed by atoms with Crippen LogP contribution in [0, 0.1) is 37.8 Å². The molecule has 1 N–H and O–H groups in total. The summed E-state index contributed by atoms with van der Waals surface area (Å²) in [6.45, 7) is 7.32. The van der Waals surface area contributed by atoms with Gasteiger partial charge in [0.05, 0.1) is 10.5 Å². The Morgan fingerprint density at radius 2 is 1.65 bits per heavy atom. The number of hydrogen-bond donors (Lipinski definition) is 1. The third-order valence-electron chi connectivity index (χ3n) is 3.70. The van der Waals surface area contributed by atoms with E-state index in [1.165, 1.54) is 0 Å². The summed E-state index contributed by atoms with van der Waals surface area (Å²) in [5, 5.41) is 21.2. The second kappa shape index (κ2) is 4.96. The van der Waals surface area contributed by atoms with Gasteiger partial charge in [0.15, 0.2) is 0 Å². The van der Waals surface area contributed by atoms with Gasteiger partial charge in [-0.3, -0.25) is 10.1 Å². The molecule has 0 saturated carbocycles. The second-order valence-corrected chi connectivity index (χ2v) is 5.12. The highest BCUT2D eigenvalue weighted by atomic mass is 16.6. The van der Waals surface area contributed by atoms with E-state index in [4.69, 9.17) is 0 Å². The molecule has 0 heterocycles. The van der Waals surface area contributed by atoms with Crippen LogP contribution in [0.4, 0.5) is 5.69 Å². The zero-order valence-electron chi connectivity index (χ0n) is 12.0. The molecule has 104 valence electrons. The molecule has 2 aromatic rings. The summed E-state index contributed by atoms with van der Waals surface area (Å²) in [6.07, 6.45) is 0. The number of nitro groups is 1. The zero-order chi connectivity index (χ0) is 15.0. The first-order valence-corrected chi connectivity index (χ1v) is 6.38. The van der Waals surface area contributed by atoms with E-state index in [1.54, 1.807) is 25.1 Å². The second-order valence-electron chi connectivity index (χ2n) is 5.12. The quantitative estimate of drug-likeness (QED) is 0.657. The van der Waals surface area contributed by atoms with Crippen molar-refractivity contribution in [3.63, 3.8) is 0 Å². The fourth-order valence-corrected chi connectivity index (χ4v) is 2.37. The van der Waals surface area contributed by atoms with Crippen molar-refractivity contribution in [2.24, 2.45) is 0 Å². The van der Waals surface area contributed by atoms with Crippen LogP contribution in [0.15, 0.2) is 24.3 Å². The van der Waals surface area contributed by atoms with Crippen LogP contribution in [0.1, 0.15) is 22.3 Å². The van der Waals surface area contributed by atoms with Crippen LogP contribution in [0.2, 0.25) is 0 Å². The minimum atomic E-state index is -0.362. The van der Waals surface area contributed by atoms with Gasteiger partial charge in [-0.2, -0.15) is 0 Å². The Morgan fingerprint density at radius 3 is 2.25 bits per heavy atom. The highest BCUT2D eigenvalue weighted by Gasteiger charge is 2.19. The average molecular weight is 271 g/mol. The molecular formula is C16H17NO3. The minimum Gasteiger partial charge on any atom is -0.507 e. The van der Waals surface area contributed by atoms with Crippen LogP contribution in [0.3, 0.4) is 0 Å². The Hall–Kier alpha value is -2.36. The number of benzene rings is 2. The lowest BCUT2D eigenvalue weighted by Crippen LogP contribution is -1.96. The fraction of sp³-hybridized carbons (Fsp3) is 0.250. The number of nitro benzene ring substituents is 1. The Morgan fingerprint density at radius 1 is 1.00 bits per heavy atom. The molecule has 20 heavy (non-hydrogen) atoms. The number of aromatic hydroxyl groups is 1. The summed E-state index contributed by atoms with van der Waals surface area (Å²) in [4.78, 5) is 10.9. The Balaban J connectivity index is 2.79. The van der Waals surface area contributed by atoms with Gasteiger partial charge in [0.1, 0.15) is 5.75 Å². The molecule has 2 rings (SSSR count). The van der Waals surface area contributed by atoms with E-state index in [0.29, 0.717) is 5.56 Å². The maximum Gasteiger partial charge on any atom is 0.277 e. The summed E-state index contributed by atoms with van der Waals surface area (Å²) in [6, 6.07) is 7.01. The van der Waals surface area contributed by atoms with Crippen molar-refractivity contribution in [2.45, 2.75) is 27.7 Å². The van der Waals surface area contributed by atoms with Gasteiger partial charge < -0.3 is 5.11 Å². The van der Waals surface area contributed by atoms with Crippen LogP contribution in [-0.4, -0.2) is 10.0 Å². The highest BCUT2D eigenvalue weighted by Crippen LogP contribution is 2.37. The van der Waals surface area contributed by atoms with Crippen molar-refractivity contribution in [2.75, 3.05) is 0 Å². The fourth-order valence-electron chi connectivity index (χ4n) is 2.37. The van der Waals surface area contributed by atoms with Gasteiger partial charge in [0.25, 0.3) is 5.69 Å². The monoisotopic (exact) mass is 271 g/mol. The van der Waals surface area contributed by atoms with Crippen LogP contribution in [0.25, 0.3) is 11.1 Å². The van der Waals surface area contributed by atoms with Gasteiger partial charge in [-0.25, -0.2) is 0 Å². The summed E-state index contributed by atoms with van der Waals surface area (Å²) in [5.41, 5.74) is 4.67. The molecule has 0 spiro atoms. The van der Waals surface area contributed by atoms with E-state index in [1.807, 2.05) is 26.8 Å². The van der Waals surface area contributed by atoms with Crippen molar-refractivity contribution in [1.29, 1.82) is 0 Å². The third kappa shape index (κ3) is 2.25. The van der Waals surface area contributed by atoms with E-state index in [0.717, 1.165) is 27.8 Å². The van der Waals surface area contributed by atoms with E-state index in [-0.39, 0.29) is 16.4 Å². The van der Waals surface area contributed by atoms with E-state index in [9.17, 15) is 15.2 Å². The van der Waals surface area contributed by atoms with Crippen molar-refractivity contribution in [3.05, 3.63) is 56.6 Å². The number of nitrogens with zero attached hydrogens (tertiary/aromatic N) is 1. The van der Waals surface area contributed by atoms with Crippen molar-refractivity contribution in [1.82, 2.24) is 0 Å². The molecule has 0 fully saturated rings. The standard InChI is InChI=1S/C16H17NO3/c1-9-5-6-13(15(7-9)17(19)20)14-8-10(2)16(18)12(4)11(14)3/h5-8,18H,1-4H3. The largest absolute Gasteiger partial charge is 0.507 e. The number of hydrogen-bond acceptors (Lipinski definition) is 3. The van der Waals surface area contributed by atoms with Gasteiger partial charge in [0.2, 0.25) is 0 Å². The normalized spacial score (nSPS) is 10.6. The molecular weight excluding hydrogens is 254 g/mol. The summed E-state index contributed by atoms with van der Waals surface area (Å²) in [5.74, 6) is 0.251. The molecule has 0 aromatic heterocycles. The minimum absolute atomic E-state index is 0.0950. The Labute approximate surface area is 117 Å². The molecule has 0 aliphatic heterocycles. The van der Waals surface area contributed by atoms with E-state index < -0.39 is 0 Å². The first-order valence-electron chi connectivity index (χ1n) is 6.38. The highest BCUT2D eigenvalue weighted by molar-refractivity contribution is 5.78. The third-order valence-corrected chi connectivity index (χ3v) is 3.70. The van der Waals surface area contributed by atoms with Crippen LogP contribution >= 0.6 is 0 Å². The number of aryl methyl sites for hydroxylation is 2. The van der Waals surface area contributed by atoms with Crippen LogP contribution in [-0.2, 0) is 0 Å². The predicted molar refractivity (Wildman–Crippen MR) is 79.1 cm³/mol. The maximum atomic E-state index is 11.3. The maximum absolute atomic E-state index is 11.3. The number of phenolic OH excluding ortho intramolecular Hbond substituents is 1. The van der Waals surface area contributed by atoms with Gasteiger partial charge in [-0.05, 0) is 67.6 Å². The van der Waals surface area contributed by atoms with Gasteiger partial charge in [-0.15, -0.1) is 0 Å². The molecule has 0 radical (unpaired) electrons. The Kier molecular flexibility index (Phi) is 3.49. The lowest BCUT2D eigenvalue weighted by Gasteiger charge is -2.13. The molecule has 4 heteroatoms.